The molecule has 2 N–H and O–H groups in total. The number of rotatable bonds is 0. The number of pyridine rings is 1. The van der Waals surface area contributed by atoms with Gasteiger partial charge in [-0.15, -0.1) is 0 Å². The first-order valence-corrected chi connectivity index (χ1v) is 5.63. The number of nitrogens with zero attached hydrogens (tertiary/aromatic N) is 1. The fraction of sp³-hybridized carbons (Fsp3) is 0.182. The number of fused-ring (bicyclic) bond motifs is 1. The Labute approximate surface area is 108 Å². The summed E-state index contributed by atoms with van der Waals surface area (Å²) < 4.78 is 52.2. The van der Waals surface area contributed by atoms with Crippen LogP contribution in [0.4, 0.5) is 23.2 Å². The van der Waals surface area contributed by atoms with Gasteiger partial charge < -0.3 is 5.73 Å². The van der Waals surface area contributed by atoms with E-state index in [1.807, 2.05) is 0 Å². The average Bonchev–Trinajstić information content (AvgIpc) is 2.26. The molecule has 0 aliphatic carbocycles. The highest BCUT2D eigenvalue weighted by atomic mass is 79.9. The van der Waals surface area contributed by atoms with E-state index in [0.29, 0.717) is 0 Å². The molecule has 0 saturated heterocycles. The van der Waals surface area contributed by atoms with Gasteiger partial charge in [-0.3, -0.25) is 0 Å². The van der Waals surface area contributed by atoms with Crippen molar-refractivity contribution in [1.29, 1.82) is 0 Å². The smallest absolute Gasteiger partial charge is 0.398 e. The zero-order valence-electron chi connectivity index (χ0n) is 9.07. The lowest BCUT2D eigenvalue weighted by Gasteiger charge is -2.14. The molecule has 0 fully saturated rings. The van der Waals surface area contributed by atoms with Crippen molar-refractivity contribution in [1.82, 2.24) is 4.98 Å². The van der Waals surface area contributed by atoms with Gasteiger partial charge in [0.15, 0.2) is 0 Å². The van der Waals surface area contributed by atoms with Crippen molar-refractivity contribution < 1.29 is 17.6 Å². The highest BCUT2D eigenvalue weighted by molar-refractivity contribution is 9.10. The topological polar surface area (TPSA) is 38.9 Å². The van der Waals surface area contributed by atoms with Crippen LogP contribution in [0.1, 0.15) is 11.3 Å². The monoisotopic (exact) mass is 322 g/mol. The number of nitrogens with two attached hydrogens (primary N) is 1. The summed E-state index contributed by atoms with van der Waals surface area (Å²) in [6.45, 7) is 1.17. The second-order valence-corrected chi connectivity index (χ2v) is 4.60. The molecule has 2 rings (SSSR count). The predicted octanol–water partition coefficient (Wildman–Crippen LogP) is 4.05. The molecule has 1 heterocycles. The van der Waals surface area contributed by atoms with Crippen LogP contribution in [0.3, 0.4) is 0 Å². The van der Waals surface area contributed by atoms with Crippen molar-refractivity contribution in [3.8, 4) is 0 Å². The molecule has 1 aromatic carbocycles. The Morgan fingerprint density at radius 1 is 1.28 bits per heavy atom. The number of benzene rings is 1. The maximum Gasteiger partial charge on any atom is 0.433 e. The second-order valence-electron chi connectivity index (χ2n) is 3.75. The molecule has 0 saturated carbocycles. The molecule has 96 valence electrons. The Bertz CT molecular complexity index is 637. The summed E-state index contributed by atoms with van der Waals surface area (Å²) in [5, 5.41) is -0.102. The van der Waals surface area contributed by atoms with E-state index in [2.05, 4.69) is 20.9 Å². The Morgan fingerprint density at radius 2 is 1.89 bits per heavy atom. The molecule has 0 bridgehead atoms. The molecule has 2 aromatic rings. The van der Waals surface area contributed by atoms with Gasteiger partial charge in [0.1, 0.15) is 11.5 Å². The first-order chi connectivity index (χ1) is 8.23. The summed E-state index contributed by atoms with van der Waals surface area (Å²) in [5.41, 5.74) is 3.84. The van der Waals surface area contributed by atoms with Crippen molar-refractivity contribution in [2.24, 2.45) is 0 Å². The van der Waals surface area contributed by atoms with Crippen molar-refractivity contribution in [3.05, 3.63) is 33.7 Å². The number of alkyl halides is 3. The molecular formula is C11H7BrF4N2. The van der Waals surface area contributed by atoms with Gasteiger partial charge in [-0.25, -0.2) is 9.37 Å². The SMILES string of the molecule is Cc1c(C(F)(F)F)nc2c(Br)ccc(F)c2c1N. The number of halogens is 5. The van der Waals surface area contributed by atoms with Crippen molar-refractivity contribution in [2.45, 2.75) is 13.1 Å². The van der Waals surface area contributed by atoms with Gasteiger partial charge >= 0.3 is 6.18 Å². The van der Waals surface area contributed by atoms with Gasteiger partial charge in [0.25, 0.3) is 0 Å². The summed E-state index contributed by atoms with van der Waals surface area (Å²) in [7, 11) is 0. The molecule has 1 aromatic heterocycles. The highest BCUT2D eigenvalue weighted by Gasteiger charge is 2.36. The number of hydrogen-bond acceptors (Lipinski definition) is 2. The lowest BCUT2D eigenvalue weighted by molar-refractivity contribution is -0.141. The first-order valence-electron chi connectivity index (χ1n) is 4.84. The molecule has 18 heavy (non-hydrogen) atoms. The van der Waals surface area contributed by atoms with Gasteiger partial charge in [0.05, 0.1) is 10.9 Å². The van der Waals surface area contributed by atoms with Crippen LogP contribution >= 0.6 is 15.9 Å². The maximum absolute atomic E-state index is 13.6. The summed E-state index contributed by atoms with van der Waals surface area (Å²) >= 11 is 3.04. The summed E-state index contributed by atoms with van der Waals surface area (Å²) in [6.07, 6.45) is -4.63. The van der Waals surface area contributed by atoms with E-state index in [4.69, 9.17) is 5.73 Å². The van der Waals surface area contributed by atoms with E-state index in [1.165, 1.54) is 13.0 Å². The van der Waals surface area contributed by atoms with Gasteiger partial charge in [-0.2, -0.15) is 13.2 Å². The minimum absolute atomic E-state index is 0.102. The van der Waals surface area contributed by atoms with E-state index < -0.39 is 17.7 Å². The fourth-order valence-corrected chi connectivity index (χ4v) is 2.11. The molecule has 0 aliphatic rings. The molecule has 0 amide bonds. The number of aromatic nitrogens is 1. The summed E-state index contributed by atoms with van der Waals surface area (Å²) in [6, 6.07) is 2.41. The van der Waals surface area contributed by atoms with Crippen molar-refractivity contribution in [2.75, 3.05) is 5.73 Å². The second kappa shape index (κ2) is 4.08. The quantitative estimate of drug-likeness (QED) is 0.743. The van der Waals surface area contributed by atoms with Gasteiger partial charge in [-0.05, 0) is 35.0 Å². The molecule has 0 atom stereocenters. The van der Waals surface area contributed by atoms with Crippen molar-refractivity contribution in [3.63, 3.8) is 0 Å². The third kappa shape index (κ3) is 1.92. The number of hydrogen-bond donors (Lipinski definition) is 1. The average molecular weight is 323 g/mol. The van der Waals surface area contributed by atoms with E-state index >= 15 is 0 Å². The molecule has 0 spiro atoms. The third-order valence-electron chi connectivity index (χ3n) is 2.60. The minimum Gasteiger partial charge on any atom is -0.398 e. The lowest BCUT2D eigenvalue weighted by atomic mass is 10.1. The van der Waals surface area contributed by atoms with Crippen LogP contribution in [-0.4, -0.2) is 4.98 Å². The van der Waals surface area contributed by atoms with Crippen LogP contribution in [0.5, 0.6) is 0 Å². The van der Waals surface area contributed by atoms with Crippen LogP contribution in [0, 0.1) is 12.7 Å². The molecular weight excluding hydrogens is 316 g/mol. The highest BCUT2D eigenvalue weighted by Crippen LogP contribution is 2.38. The van der Waals surface area contributed by atoms with Gasteiger partial charge in [-0.1, -0.05) is 0 Å². The molecule has 2 nitrogen and oxygen atoms in total. The Morgan fingerprint density at radius 3 is 2.44 bits per heavy atom. The number of nitrogen functional groups attached to an aromatic ring is 1. The molecule has 0 aliphatic heterocycles. The summed E-state index contributed by atoms with van der Waals surface area (Å²) in [4.78, 5) is 3.48. The zero-order chi connectivity index (χ0) is 13.7. The fourth-order valence-electron chi connectivity index (χ4n) is 1.69. The van der Waals surface area contributed by atoms with Gasteiger partial charge in [0.2, 0.25) is 0 Å². The van der Waals surface area contributed by atoms with Gasteiger partial charge in [0, 0.05) is 15.7 Å². The predicted molar refractivity (Wildman–Crippen MR) is 63.6 cm³/mol. The molecule has 0 radical (unpaired) electrons. The standard InChI is InChI=1S/C11H7BrF4N2/c1-4-8(17)7-6(13)3-2-5(12)9(7)18-10(4)11(14,15)16/h2-3H,1H3,(H2,17,18). The van der Waals surface area contributed by atoms with E-state index in [0.717, 1.165) is 6.07 Å². The van der Waals surface area contributed by atoms with Crippen molar-refractivity contribution >= 4 is 32.5 Å². The van der Waals surface area contributed by atoms with E-state index in [-0.39, 0.29) is 26.6 Å². The van der Waals surface area contributed by atoms with Crippen LogP contribution in [-0.2, 0) is 6.18 Å². The normalized spacial score (nSPS) is 12.1. The summed E-state index contributed by atoms with van der Waals surface area (Å²) in [5.74, 6) is -0.699. The van der Waals surface area contributed by atoms with Crippen LogP contribution in [0.2, 0.25) is 0 Å². The Kier molecular flexibility index (Phi) is 2.96. The van der Waals surface area contributed by atoms with Crippen LogP contribution < -0.4 is 5.73 Å². The zero-order valence-corrected chi connectivity index (χ0v) is 10.7. The Balaban J connectivity index is 2.97. The Hall–Kier alpha value is -1.37. The molecule has 7 heteroatoms. The number of anilines is 1. The maximum atomic E-state index is 13.6. The third-order valence-corrected chi connectivity index (χ3v) is 3.24. The first kappa shape index (κ1) is 13.1. The minimum atomic E-state index is -4.63. The largest absolute Gasteiger partial charge is 0.433 e. The lowest BCUT2D eigenvalue weighted by Crippen LogP contribution is -2.13. The molecule has 0 unspecified atom stereocenters. The van der Waals surface area contributed by atoms with Crippen LogP contribution in [0.25, 0.3) is 10.9 Å². The van der Waals surface area contributed by atoms with E-state index in [1.54, 1.807) is 0 Å². The van der Waals surface area contributed by atoms with E-state index in [9.17, 15) is 17.6 Å². The van der Waals surface area contributed by atoms with Crippen LogP contribution in [0.15, 0.2) is 16.6 Å².